The maximum absolute atomic E-state index is 13.5. The lowest BCUT2D eigenvalue weighted by Crippen LogP contribution is -2.40. The van der Waals surface area contributed by atoms with Crippen molar-refractivity contribution in [1.29, 1.82) is 0 Å². The molecular formula is C17H22ClFN2O. The average Bonchev–Trinajstić information content (AvgIpc) is 3.34. The fourth-order valence-corrected chi connectivity index (χ4v) is 3.21. The van der Waals surface area contributed by atoms with Crippen molar-refractivity contribution < 1.29 is 9.18 Å². The van der Waals surface area contributed by atoms with Gasteiger partial charge in [0, 0.05) is 25.6 Å². The summed E-state index contributed by atoms with van der Waals surface area (Å²) in [5, 5.41) is 3.24. The van der Waals surface area contributed by atoms with Crippen molar-refractivity contribution in [2.45, 2.75) is 32.2 Å². The number of hydrogen-bond acceptors (Lipinski definition) is 2. The molecule has 0 aromatic heterocycles. The summed E-state index contributed by atoms with van der Waals surface area (Å²) >= 11 is 5.72. The average molecular weight is 325 g/mol. The lowest BCUT2D eigenvalue weighted by Gasteiger charge is -2.32. The summed E-state index contributed by atoms with van der Waals surface area (Å²) in [5.41, 5.74) is 0.949. The highest BCUT2D eigenvalue weighted by Crippen LogP contribution is 2.29. The van der Waals surface area contributed by atoms with E-state index in [1.54, 1.807) is 6.07 Å². The van der Waals surface area contributed by atoms with Gasteiger partial charge in [-0.05, 0) is 55.8 Å². The first-order valence-corrected chi connectivity index (χ1v) is 8.43. The molecular weight excluding hydrogens is 303 g/mol. The van der Waals surface area contributed by atoms with Crippen LogP contribution in [0.4, 0.5) is 4.39 Å². The topological polar surface area (TPSA) is 32.3 Å². The fraction of sp³-hybridized carbons (Fsp3) is 0.588. The standard InChI is InChI=1S/C17H22ClFN2O/c18-15-6-3-12(8-16(15)19)10-21-7-1-2-13(11-21)9-20-17(22)14-4-5-14/h3,6,8,13-14H,1-2,4-5,7,9-11H2,(H,20,22). The maximum atomic E-state index is 13.5. The molecule has 1 atom stereocenters. The molecule has 2 aliphatic rings. The summed E-state index contributed by atoms with van der Waals surface area (Å²) in [6.45, 7) is 3.48. The van der Waals surface area contributed by atoms with Gasteiger partial charge in [-0.25, -0.2) is 4.39 Å². The molecule has 1 unspecified atom stereocenters. The summed E-state index contributed by atoms with van der Waals surface area (Å²) in [5.74, 6) is 0.631. The molecule has 22 heavy (non-hydrogen) atoms. The van der Waals surface area contributed by atoms with Crippen LogP contribution in [-0.2, 0) is 11.3 Å². The van der Waals surface area contributed by atoms with Gasteiger partial charge in [0.25, 0.3) is 0 Å². The van der Waals surface area contributed by atoms with Gasteiger partial charge in [0.2, 0.25) is 5.91 Å². The van der Waals surface area contributed by atoms with Crippen molar-refractivity contribution in [2.75, 3.05) is 19.6 Å². The van der Waals surface area contributed by atoms with Gasteiger partial charge in [0.15, 0.2) is 0 Å². The summed E-state index contributed by atoms with van der Waals surface area (Å²) in [6, 6.07) is 5.01. The van der Waals surface area contributed by atoms with Crippen LogP contribution in [0.5, 0.6) is 0 Å². The molecule has 1 N–H and O–H groups in total. The molecule has 3 nitrogen and oxygen atoms in total. The Kier molecular flexibility index (Phi) is 4.99. The third kappa shape index (κ3) is 4.20. The van der Waals surface area contributed by atoms with Crippen LogP contribution in [0, 0.1) is 17.7 Å². The van der Waals surface area contributed by atoms with Crippen LogP contribution >= 0.6 is 11.6 Å². The number of hydrogen-bond donors (Lipinski definition) is 1. The molecule has 1 amide bonds. The number of likely N-dealkylation sites (tertiary alicyclic amines) is 1. The Morgan fingerprint density at radius 2 is 2.18 bits per heavy atom. The largest absolute Gasteiger partial charge is 0.356 e. The zero-order valence-electron chi connectivity index (χ0n) is 12.7. The van der Waals surface area contributed by atoms with Gasteiger partial charge in [-0.1, -0.05) is 17.7 Å². The number of carbonyl (C=O) groups excluding carboxylic acids is 1. The normalized spacial score (nSPS) is 22.5. The summed E-state index contributed by atoms with van der Waals surface area (Å²) in [4.78, 5) is 14.0. The van der Waals surface area contributed by atoms with Gasteiger partial charge < -0.3 is 5.32 Å². The van der Waals surface area contributed by atoms with Crippen LogP contribution in [0.15, 0.2) is 18.2 Å². The van der Waals surface area contributed by atoms with Crippen molar-refractivity contribution >= 4 is 17.5 Å². The van der Waals surface area contributed by atoms with E-state index in [9.17, 15) is 9.18 Å². The van der Waals surface area contributed by atoms with E-state index in [0.29, 0.717) is 5.92 Å². The molecule has 1 saturated carbocycles. The molecule has 1 aliphatic heterocycles. The van der Waals surface area contributed by atoms with E-state index in [4.69, 9.17) is 11.6 Å². The number of benzene rings is 1. The Labute approximate surface area is 135 Å². The number of piperidine rings is 1. The second-order valence-electron chi connectivity index (χ2n) is 6.51. The number of nitrogens with zero attached hydrogens (tertiary/aromatic N) is 1. The summed E-state index contributed by atoms with van der Waals surface area (Å²) in [7, 11) is 0. The van der Waals surface area contributed by atoms with E-state index in [-0.39, 0.29) is 22.7 Å². The van der Waals surface area contributed by atoms with Crippen LogP contribution in [0.25, 0.3) is 0 Å². The first-order chi connectivity index (χ1) is 10.6. The van der Waals surface area contributed by atoms with Crippen molar-refractivity contribution in [3.8, 4) is 0 Å². The first-order valence-electron chi connectivity index (χ1n) is 8.06. The minimum absolute atomic E-state index is 0.169. The monoisotopic (exact) mass is 324 g/mol. The summed E-state index contributed by atoms with van der Waals surface area (Å²) in [6.07, 6.45) is 4.37. The van der Waals surface area contributed by atoms with Crippen LogP contribution in [0.3, 0.4) is 0 Å². The Morgan fingerprint density at radius 3 is 2.91 bits per heavy atom. The number of amides is 1. The predicted molar refractivity (Wildman–Crippen MR) is 85.1 cm³/mol. The highest BCUT2D eigenvalue weighted by atomic mass is 35.5. The van der Waals surface area contributed by atoms with Gasteiger partial charge in [0.1, 0.15) is 5.82 Å². The zero-order valence-corrected chi connectivity index (χ0v) is 13.4. The molecule has 1 aromatic carbocycles. The SMILES string of the molecule is O=C(NCC1CCCN(Cc2ccc(Cl)c(F)c2)C1)C1CC1. The molecule has 0 radical (unpaired) electrons. The van der Waals surface area contributed by atoms with Gasteiger partial charge in [0.05, 0.1) is 5.02 Å². The fourth-order valence-electron chi connectivity index (χ4n) is 3.09. The number of halogens is 2. The second-order valence-corrected chi connectivity index (χ2v) is 6.92. The Bertz CT molecular complexity index is 547. The zero-order chi connectivity index (χ0) is 15.5. The van der Waals surface area contributed by atoms with E-state index >= 15 is 0 Å². The number of carbonyl (C=O) groups is 1. The van der Waals surface area contributed by atoms with Crippen LogP contribution < -0.4 is 5.32 Å². The highest BCUT2D eigenvalue weighted by Gasteiger charge is 2.30. The third-order valence-electron chi connectivity index (χ3n) is 4.51. The molecule has 5 heteroatoms. The molecule has 1 aliphatic carbocycles. The van der Waals surface area contributed by atoms with Crippen LogP contribution in [-0.4, -0.2) is 30.4 Å². The third-order valence-corrected chi connectivity index (χ3v) is 4.81. The first kappa shape index (κ1) is 15.8. The van der Waals surface area contributed by atoms with E-state index < -0.39 is 0 Å². The van der Waals surface area contributed by atoms with Crippen molar-refractivity contribution in [3.63, 3.8) is 0 Å². The van der Waals surface area contributed by atoms with Gasteiger partial charge in [-0.2, -0.15) is 0 Å². The Morgan fingerprint density at radius 1 is 1.36 bits per heavy atom. The Hall–Kier alpha value is -1.13. The minimum Gasteiger partial charge on any atom is -0.356 e. The van der Waals surface area contributed by atoms with Gasteiger partial charge in [-0.15, -0.1) is 0 Å². The van der Waals surface area contributed by atoms with Gasteiger partial charge in [-0.3, -0.25) is 9.69 Å². The van der Waals surface area contributed by atoms with E-state index in [1.807, 2.05) is 6.07 Å². The molecule has 1 saturated heterocycles. The van der Waals surface area contributed by atoms with Crippen molar-refractivity contribution in [1.82, 2.24) is 10.2 Å². The lowest BCUT2D eigenvalue weighted by molar-refractivity contribution is -0.122. The lowest BCUT2D eigenvalue weighted by atomic mass is 9.97. The van der Waals surface area contributed by atoms with Crippen LogP contribution in [0.1, 0.15) is 31.2 Å². The molecule has 120 valence electrons. The molecule has 0 spiro atoms. The predicted octanol–water partition coefficient (Wildman–Crippen LogP) is 3.22. The summed E-state index contributed by atoms with van der Waals surface area (Å²) < 4.78 is 13.5. The molecule has 0 bridgehead atoms. The molecule has 2 fully saturated rings. The van der Waals surface area contributed by atoms with Crippen LogP contribution in [0.2, 0.25) is 5.02 Å². The molecule has 1 heterocycles. The quantitative estimate of drug-likeness (QED) is 0.902. The minimum atomic E-state index is -0.357. The van der Waals surface area contributed by atoms with E-state index in [2.05, 4.69) is 10.2 Å². The molecule has 3 rings (SSSR count). The Balaban J connectivity index is 1.49. The van der Waals surface area contributed by atoms with Crippen molar-refractivity contribution in [3.05, 3.63) is 34.6 Å². The number of rotatable bonds is 5. The van der Waals surface area contributed by atoms with Crippen molar-refractivity contribution in [2.24, 2.45) is 11.8 Å². The smallest absolute Gasteiger partial charge is 0.223 e. The number of nitrogens with one attached hydrogen (secondary N) is 1. The van der Waals surface area contributed by atoms with E-state index in [1.165, 1.54) is 6.07 Å². The second kappa shape index (κ2) is 6.97. The maximum Gasteiger partial charge on any atom is 0.223 e. The highest BCUT2D eigenvalue weighted by molar-refractivity contribution is 6.30. The van der Waals surface area contributed by atoms with E-state index in [0.717, 1.165) is 57.4 Å². The molecule has 1 aromatic rings. The van der Waals surface area contributed by atoms with Gasteiger partial charge >= 0.3 is 0 Å².